The Hall–Kier alpha value is -1.34. The Kier molecular flexibility index (Phi) is 4.39. The highest BCUT2D eigenvalue weighted by Crippen LogP contribution is 2.40. The lowest BCUT2D eigenvalue weighted by Gasteiger charge is -2.32. The minimum absolute atomic E-state index is 0.166. The summed E-state index contributed by atoms with van der Waals surface area (Å²) in [6.45, 7) is 3.46. The Bertz CT molecular complexity index is 653. The van der Waals surface area contributed by atoms with Gasteiger partial charge in [0.05, 0.1) is 9.30 Å². The van der Waals surface area contributed by atoms with Gasteiger partial charge in [-0.05, 0) is 50.9 Å². The van der Waals surface area contributed by atoms with Crippen molar-refractivity contribution in [3.8, 4) is 0 Å². The summed E-state index contributed by atoms with van der Waals surface area (Å²) < 4.78 is 36.5. The molecule has 116 valence electrons. The highest BCUT2D eigenvalue weighted by atomic mass is 16.2. The molecule has 1 aliphatic rings. The van der Waals surface area contributed by atoms with Crippen molar-refractivity contribution in [1.29, 1.82) is 0 Å². The minimum Gasteiger partial charge on any atom is -0.392 e. The van der Waals surface area contributed by atoms with Crippen LogP contribution in [-0.2, 0) is 0 Å². The van der Waals surface area contributed by atoms with Crippen LogP contribution in [0.2, 0.25) is 0 Å². The van der Waals surface area contributed by atoms with Crippen molar-refractivity contribution < 1.29 is 12.0 Å². The average molecular weight is 291 g/mol. The SMILES string of the molecule is [2H]C([2H])(O)/C=C(/C=C/C=C(C)/C=C/C1=C(C)CCCC1(C)C)C([2H])([2H])[2H]. The van der Waals surface area contributed by atoms with Crippen LogP contribution in [0.4, 0.5) is 0 Å². The summed E-state index contributed by atoms with van der Waals surface area (Å²) >= 11 is 0. The summed E-state index contributed by atoms with van der Waals surface area (Å²) in [5, 5.41) is 9.20. The van der Waals surface area contributed by atoms with Gasteiger partial charge in [-0.15, -0.1) is 0 Å². The number of hydrogen-bond acceptors (Lipinski definition) is 1. The summed E-state index contributed by atoms with van der Waals surface area (Å²) in [7, 11) is 0. The fraction of sp³-hybridized carbons (Fsp3) is 0.500. The molecule has 0 aliphatic heterocycles. The number of allylic oxidation sites excluding steroid dienone is 9. The zero-order valence-corrected chi connectivity index (χ0v) is 13.5. The van der Waals surface area contributed by atoms with Crippen LogP contribution in [-0.4, -0.2) is 11.7 Å². The number of hydrogen-bond donors (Lipinski definition) is 1. The Balaban J connectivity index is 2.97. The van der Waals surface area contributed by atoms with Crippen molar-refractivity contribution in [3.63, 3.8) is 0 Å². The first kappa shape index (κ1) is 11.3. The standard InChI is InChI=1S/C20H30O/c1-16(8-6-9-17(2)13-15-21)11-12-19-18(3)10-7-14-20(19,4)5/h6,8-9,11-13,21H,7,10,14-15H2,1-5H3/b9-6+,12-11+,16-8+,17-13+/i2D3,15D2. The van der Waals surface area contributed by atoms with Gasteiger partial charge in [-0.1, -0.05) is 67.0 Å². The predicted octanol–water partition coefficient (Wildman–Crippen LogP) is 5.51. The normalized spacial score (nSPS) is 25.7. The van der Waals surface area contributed by atoms with Gasteiger partial charge in [0, 0.05) is 4.11 Å². The minimum atomic E-state index is -2.66. The van der Waals surface area contributed by atoms with Crippen molar-refractivity contribution in [2.24, 2.45) is 5.41 Å². The molecule has 1 nitrogen and oxygen atoms in total. The van der Waals surface area contributed by atoms with Crippen molar-refractivity contribution in [3.05, 3.63) is 58.7 Å². The topological polar surface area (TPSA) is 20.2 Å². The molecule has 0 bridgehead atoms. The van der Waals surface area contributed by atoms with E-state index in [2.05, 4.69) is 26.8 Å². The lowest BCUT2D eigenvalue weighted by atomic mass is 9.72. The molecular formula is C20H30O. The lowest BCUT2D eigenvalue weighted by Crippen LogP contribution is -2.19. The van der Waals surface area contributed by atoms with Crippen LogP contribution in [0, 0.1) is 5.41 Å². The van der Waals surface area contributed by atoms with Gasteiger partial charge in [-0.25, -0.2) is 0 Å². The van der Waals surface area contributed by atoms with Gasteiger partial charge in [0.15, 0.2) is 0 Å². The third-order valence-corrected chi connectivity index (χ3v) is 3.91. The molecule has 0 aromatic carbocycles. The molecule has 0 amide bonds. The van der Waals surface area contributed by atoms with Crippen LogP contribution in [0.3, 0.4) is 0 Å². The quantitative estimate of drug-likeness (QED) is 0.662. The van der Waals surface area contributed by atoms with Crippen molar-refractivity contribution in [2.45, 2.75) is 53.8 Å². The van der Waals surface area contributed by atoms with E-state index in [9.17, 15) is 5.11 Å². The van der Waals surface area contributed by atoms with Crippen LogP contribution in [0.25, 0.3) is 0 Å². The molecule has 0 fully saturated rings. The molecule has 0 atom stereocenters. The average Bonchev–Trinajstić information content (AvgIpc) is 2.42. The second kappa shape index (κ2) is 8.19. The van der Waals surface area contributed by atoms with Gasteiger partial charge in [0.25, 0.3) is 0 Å². The first-order valence-electron chi connectivity index (χ1n) is 9.91. The Morgan fingerprint density at radius 1 is 1.38 bits per heavy atom. The van der Waals surface area contributed by atoms with Gasteiger partial charge >= 0.3 is 0 Å². The van der Waals surface area contributed by atoms with E-state index in [0.29, 0.717) is 6.08 Å². The fourth-order valence-electron chi connectivity index (χ4n) is 2.70. The summed E-state index contributed by atoms with van der Waals surface area (Å²) in [4.78, 5) is 0. The van der Waals surface area contributed by atoms with Crippen LogP contribution < -0.4 is 0 Å². The molecule has 1 heteroatoms. The monoisotopic (exact) mass is 291 g/mol. The first-order valence-corrected chi connectivity index (χ1v) is 7.41. The van der Waals surface area contributed by atoms with Gasteiger partial charge in [-0.2, -0.15) is 0 Å². The van der Waals surface area contributed by atoms with Gasteiger partial charge < -0.3 is 5.11 Å². The summed E-state index contributed by atoms with van der Waals surface area (Å²) in [6, 6.07) is 0. The van der Waals surface area contributed by atoms with E-state index in [1.54, 1.807) is 12.2 Å². The van der Waals surface area contributed by atoms with Gasteiger partial charge in [0.2, 0.25) is 0 Å². The van der Waals surface area contributed by atoms with Crippen molar-refractivity contribution in [1.82, 2.24) is 0 Å². The smallest absolute Gasteiger partial charge is 0.0617 e. The lowest BCUT2D eigenvalue weighted by molar-refractivity contribution is 0.342. The van der Waals surface area contributed by atoms with E-state index in [1.807, 2.05) is 13.0 Å². The molecule has 0 aromatic heterocycles. The number of rotatable bonds is 5. The van der Waals surface area contributed by atoms with E-state index < -0.39 is 13.4 Å². The highest BCUT2D eigenvalue weighted by molar-refractivity contribution is 5.37. The molecule has 0 heterocycles. The molecule has 0 saturated heterocycles. The molecular weight excluding hydrogens is 256 g/mol. The Morgan fingerprint density at radius 2 is 2.14 bits per heavy atom. The zero-order valence-electron chi connectivity index (χ0n) is 18.5. The molecule has 1 aliphatic carbocycles. The van der Waals surface area contributed by atoms with Crippen LogP contribution in [0.15, 0.2) is 58.7 Å². The maximum Gasteiger partial charge on any atom is 0.0617 e. The zero-order chi connectivity index (χ0) is 20.2. The second-order valence-corrected chi connectivity index (χ2v) is 6.26. The van der Waals surface area contributed by atoms with Crippen LogP contribution in [0.1, 0.15) is 60.7 Å². The highest BCUT2D eigenvalue weighted by Gasteiger charge is 2.26. The molecule has 0 unspecified atom stereocenters. The van der Waals surface area contributed by atoms with Gasteiger partial charge in [-0.3, -0.25) is 0 Å². The van der Waals surface area contributed by atoms with E-state index in [-0.39, 0.29) is 11.0 Å². The fourth-order valence-corrected chi connectivity index (χ4v) is 2.70. The number of aliphatic hydroxyl groups is 1. The largest absolute Gasteiger partial charge is 0.392 e. The summed E-state index contributed by atoms with van der Waals surface area (Å²) in [5.41, 5.74) is 3.67. The predicted molar refractivity (Wildman–Crippen MR) is 93.2 cm³/mol. The molecule has 0 saturated carbocycles. The van der Waals surface area contributed by atoms with E-state index in [1.165, 1.54) is 30.1 Å². The van der Waals surface area contributed by atoms with E-state index in [4.69, 9.17) is 6.85 Å². The van der Waals surface area contributed by atoms with Crippen molar-refractivity contribution in [2.75, 3.05) is 6.56 Å². The Labute approximate surface area is 137 Å². The molecule has 1 N–H and O–H groups in total. The molecule has 1 rings (SSSR count). The summed E-state index contributed by atoms with van der Waals surface area (Å²) in [5.74, 6) is 0. The molecule has 0 spiro atoms. The Morgan fingerprint density at radius 3 is 2.76 bits per heavy atom. The third kappa shape index (κ3) is 5.89. The van der Waals surface area contributed by atoms with E-state index in [0.717, 1.165) is 12.0 Å². The molecule has 0 aromatic rings. The van der Waals surface area contributed by atoms with Gasteiger partial charge in [0.1, 0.15) is 0 Å². The van der Waals surface area contributed by atoms with E-state index >= 15 is 0 Å². The molecule has 0 radical (unpaired) electrons. The van der Waals surface area contributed by atoms with Crippen LogP contribution >= 0.6 is 0 Å². The van der Waals surface area contributed by atoms with Crippen molar-refractivity contribution >= 4 is 0 Å². The molecule has 21 heavy (non-hydrogen) atoms. The first-order chi connectivity index (χ1) is 11.7. The second-order valence-electron chi connectivity index (χ2n) is 6.26. The maximum absolute atomic E-state index is 9.20. The third-order valence-electron chi connectivity index (χ3n) is 3.91. The summed E-state index contributed by atoms with van der Waals surface area (Å²) in [6.07, 6.45) is 13.0. The van der Waals surface area contributed by atoms with Crippen LogP contribution in [0.5, 0.6) is 0 Å². The maximum atomic E-state index is 9.20.